The molecule has 4 rings (SSSR count). The van der Waals surface area contributed by atoms with Crippen LogP contribution in [0.25, 0.3) is 22.2 Å². The van der Waals surface area contributed by atoms with E-state index in [0.717, 1.165) is 23.3 Å². The van der Waals surface area contributed by atoms with Gasteiger partial charge in [-0.25, -0.2) is 4.98 Å². The van der Waals surface area contributed by atoms with Gasteiger partial charge in [-0.1, -0.05) is 45.8 Å². The first-order valence-corrected chi connectivity index (χ1v) is 12.0. The molecule has 1 saturated carbocycles. The number of nitrogens with one attached hydrogen (secondary N) is 2. The number of benzene rings is 2. The van der Waals surface area contributed by atoms with Crippen LogP contribution in [0.4, 0.5) is 11.4 Å². The summed E-state index contributed by atoms with van der Waals surface area (Å²) in [5, 5.41) is 16.0. The lowest BCUT2D eigenvalue weighted by Crippen LogP contribution is -2.11. The van der Waals surface area contributed by atoms with Crippen molar-refractivity contribution in [1.82, 2.24) is 9.55 Å². The average molecular weight is 433 g/mol. The number of fused-ring (bicyclic) bond motifs is 1. The Balaban J connectivity index is 1.81. The molecule has 0 amide bonds. The van der Waals surface area contributed by atoms with Crippen molar-refractivity contribution >= 4 is 22.4 Å². The molecule has 0 radical (unpaired) electrons. The molecule has 5 nitrogen and oxygen atoms in total. The van der Waals surface area contributed by atoms with Gasteiger partial charge in [0.1, 0.15) is 0 Å². The summed E-state index contributed by atoms with van der Waals surface area (Å²) >= 11 is 0. The predicted molar refractivity (Wildman–Crippen MR) is 135 cm³/mol. The molecular formula is C27H36N4O. The molecule has 170 valence electrons. The van der Waals surface area contributed by atoms with Gasteiger partial charge in [0.15, 0.2) is 0 Å². The van der Waals surface area contributed by atoms with Gasteiger partial charge in [-0.15, -0.1) is 0 Å². The van der Waals surface area contributed by atoms with Gasteiger partial charge in [0.2, 0.25) is 0 Å². The lowest BCUT2D eigenvalue weighted by molar-refractivity contribution is 0.311. The molecular weight excluding hydrogens is 396 g/mol. The zero-order valence-corrected chi connectivity index (χ0v) is 19.4. The lowest BCUT2D eigenvalue weighted by atomic mass is 9.87. The lowest BCUT2D eigenvalue weighted by Gasteiger charge is -2.24. The summed E-state index contributed by atoms with van der Waals surface area (Å²) in [4.78, 5) is 4.79. The first kappa shape index (κ1) is 22.4. The number of aliphatic hydroxyl groups excluding tert-OH is 1. The molecule has 1 heterocycles. The number of hydrogen-bond acceptors (Lipinski definition) is 4. The van der Waals surface area contributed by atoms with Crippen molar-refractivity contribution in [1.29, 1.82) is 0 Å². The molecule has 1 aliphatic rings. The van der Waals surface area contributed by atoms with Crippen LogP contribution in [0.3, 0.4) is 0 Å². The second-order valence-corrected chi connectivity index (χ2v) is 8.94. The predicted octanol–water partition coefficient (Wildman–Crippen LogP) is 6.68. The Kier molecular flexibility index (Phi) is 7.15. The molecule has 0 saturated heterocycles. The summed E-state index contributed by atoms with van der Waals surface area (Å²) in [7, 11) is 0. The first-order valence-electron chi connectivity index (χ1n) is 12.0. The average Bonchev–Trinajstić information content (AvgIpc) is 3.26. The third-order valence-electron chi connectivity index (χ3n) is 6.84. The molecule has 2 aromatic carbocycles. The van der Waals surface area contributed by atoms with E-state index in [1.807, 2.05) is 6.33 Å². The summed E-state index contributed by atoms with van der Waals surface area (Å²) in [5.74, 6) is 0.384. The second-order valence-electron chi connectivity index (χ2n) is 8.94. The highest BCUT2D eigenvalue weighted by Gasteiger charge is 2.20. The molecule has 1 atom stereocenters. The number of nitrogens with zero attached hydrogens (tertiary/aromatic N) is 2. The molecule has 0 bridgehead atoms. The highest BCUT2D eigenvalue weighted by atomic mass is 16.3. The minimum absolute atomic E-state index is 0.0945. The Morgan fingerprint density at radius 2 is 2.03 bits per heavy atom. The Morgan fingerprint density at radius 3 is 2.75 bits per heavy atom. The van der Waals surface area contributed by atoms with E-state index in [2.05, 4.69) is 66.0 Å². The number of aliphatic hydroxyl groups is 1. The monoisotopic (exact) mass is 432 g/mol. The Hall–Kier alpha value is -2.79. The summed E-state index contributed by atoms with van der Waals surface area (Å²) in [6.07, 6.45) is 11.3. The largest absolute Gasteiger partial charge is 0.395 e. The molecule has 3 N–H and O–H groups in total. The minimum atomic E-state index is 0.0945. The van der Waals surface area contributed by atoms with E-state index in [4.69, 9.17) is 4.98 Å². The van der Waals surface area contributed by atoms with Gasteiger partial charge in [-0.2, -0.15) is 0 Å². The third-order valence-corrected chi connectivity index (χ3v) is 6.84. The van der Waals surface area contributed by atoms with Crippen molar-refractivity contribution in [3.8, 4) is 11.1 Å². The SMILES string of the molecule is C=CNc1cc(NCCO)cc(-c2ccc3c(c2)ncn3C2CCCCC2)c1C(C)CC. The summed E-state index contributed by atoms with van der Waals surface area (Å²) in [6.45, 7) is 8.98. The number of rotatable bonds is 9. The second kappa shape index (κ2) is 10.2. The van der Waals surface area contributed by atoms with Crippen LogP contribution >= 0.6 is 0 Å². The van der Waals surface area contributed by atoms with E-state index in [0.29, 0.717) is 18.5 Å². The maximum absolute atomic E-state index is 9.29. The van der Waals surface area contributed by atoms with Crippen LogP contribution in [0.15, 0.2) is 49.4 Å². The minimum Gasteiger partial charge on any atom is -0.395 e. The fourth-order valence-corrected chi connectivity index (χ4v) is 5.01. The van der Waals surface area contributed by atoms with E-state index < -0.39 is 0 Å². The molecule has 32 heavy (non-hydrogen) atoms. The van der Waals surface area contributed by atoms with Gasteiger partial charge in [0, 0.05) is 24.0 Å². The molecule has 0 aliphatic heterocycles. The highest BCUT2D eigenvalue weighted by Crippen LogP contribution is 2.40. The van der Waals surface area contributed by atoms with E-state index in [-0.39, 0.29) is 6.61 Å². The Bertz CT molecular complexity index is 1060. The van der Waals surface area contributed by atoms with Gasteiger partial charge in [0.05, 0.1) is 24.0 Å². The number of aromatic nitrogens is 2. The molecule has 5 heteroatoms. The first-order chi connectivity index (χ1) is 15.7. The smallest absolute Gasteiger partial charge is 0.0960 e. The Morgan fingerprint density at radius 1 is 1.22 bits per heavy atom. The zero-order valence-electron chi connectivity index (χ0n) is 19.4. The van der Waals surface area contributed by atoms with Crippen molar-refractivity contribution in [3.63, 3.8) is 0 Å². The maximum atomic E-state index is 9.29. The highest BCUT2D eigenvalue weighted by molar-refractivity contribution is 5.86. The van der Waals surface area contributed by atoms with Crippen LogP contribution < -0.4 is 10.6 Å². The van der Waals surface area contributed by atoms with Crippen molar-refractivity contribution in [2.75, 3.05) is 23.8 Å². The molecule has 1 fully saturated rings. The molecule has 1 unspecified atom stereocenters. The summed E-state index contributed by atoms with van der Waals surface area (Å²) < 4.78 is 2.39. The van der Waals surface area contributed by atoms with Crippen molar-refractivity contribution in [2.45, 2.75) is 64.3 Å². The van der Waals surface area contributed by atoms with Crippen molar-refractivity contribution in [2.24, 2.45) is 0 Å². The molecule has 1 aliphatic carbocycles. The van der Waals surface area contributed by atoms with E-state index in [1.54, 1.807) is 6.20 Å². The Labute approximate surface area is 191 Å². The van der Waals surface area contributed by atoms with E-state index in [1.165, 1.54) is 54.3 Å². The van der Waals surface area contributed by atoms with Gasteiger partial charge in [0.25, 0.3) is 0 Å². The summed E-state index contributed by atoms with van der Waals surface area (Å²) in [5.41, 5.74) is 7.97. The van der Waals surface area contributed by atoms with Crippen LogP contribution in [-0.2, 0) is 0 Å². The van der Waals surface area contributed by atoms with E-state index >= 15 is 0 Å². The molecule has 0 spiro atoms. The van der Waals surface area contributed by atoms with E-state index in [9.17, 15) is 5.11 Å². The fraction of sp³-hybridized carbons (Fsp3) is 0.444. The standard InChI is InChI=1S/C27H36N4O/c1-4-19(3)27-23(16-21(29-13-14-32)17-25(27)28-5-2)20-11-12-26-24(15-20)30-18-31(26)22-9-7-6-8-10-22/h5,11-12,15-19,22,28-29,32H,2,4,6-10,13-14H2,1,3H3. The van der Waals surface area contributed by atoms with Crippen LogP contribution in [0.2, 0.25) is 0 Å². The van der Waals surface area contributed by atoms with Gasteiger partial charge >= 0.3 is 0 Å². The number of anilines is 2. The summed E-state index contributed by atoms with van der Waals surface area (Å²) in [6, 6.07) is 11.6. The van der Waals surface area contributed by atoms with Gasteiger partial charge in [-0.05, 0) is 72.3 Å². The van der Waals surface area contributed by atoms with Gasteiger partial charge in [-0.3, -0.25) is 0 Å². The van der Waals surface area contributed by atoms with Crippen LogP contribution in [-0.4, -0.2) is 27.8 Å². The fourth-order valence-electron chi connectivity index (χ4n) is 5.01. The number of imidazole rings is 1. The maximum Gasteiger partial charge on any atom is 0.0960 e. The zero-order chi connectivity index (χ0) is 22.5. The quantitative estimate of drug-likeness (QED) is 0.353. The topological polar surface area (TPSA) is 62.1 Å². The van der Waals surface area contributed by atoms with Crippen LogP contribution in [0.1, 0.15) is 69.9 Å². The van der Waals surface area contributed by atoms with Crippen LogP contribution in [0, 0.1) is 0 Å². The third kappa shape index (κ3) is 4.53. The van der Waals surface area contributed by atoms with Crippen molar-refractivity contribution < 1.29 is 5.11 Å². The molecule has 3 aromatic rings. The van der Waals surface area contributed by atoms with Gasteiger partial charge < -0.3 is 20.3 Å². The normalized spacial score (nSPS) is 15.6. The van der Waals surface area contributed by atoms with Crippen molar-refractivity contribution in [3.05, 3.63) is 55.0 Å². The van der Waals surface area contributed by atoms with Crippen LogP contribution in [0.5, 0.6) is 0 Å². The molecule has 1 aromatic heterocycles. The number of hydrogen-bond donors (Lipinski definition) is 3.